The third-order valence-corrected chi connectivity index (χ3v) is 5.78. The van der Waals surface area contributed by atoms with Gasteiger partial charge in [-0.15, -0.1) is 0 Å². The van der Waals surface area contributed by atoms with Gasteiger partial charge in [-0.3, -0.25) is 4.90 Å². The van der Waals surface area contributed by atoms with E-state index in [0.29, 0.717) is 5.15 Å². The lowest BCUT2D eigenvalue weighted by atomic mass is 10.1. The Balaban J connectivity index is 1.23. The molecule has 2 heterocycles. The zero-order valence-electron chi connectivity index (χ0n) is 17.0. The van der Waals surface area contributed by atoms with Crippen LogP contribution in [-0.4, -0.2) is 49.2 Å². The van der Waals surface area contributed by atoms with Gasteiger partial charge < -0.3 is 10.2 Å². The lowest BCUT2D eigenvalue weighted by Crippen LogP contribution is -2.46. The number of benzene rings is 2. The van der Waals surface area contributed by atoms with Crippen molar-refractivity contribution < 1.29 is 13.2 Å². The van der Waals surface area contributed by atoms with Crippen LogP contribution in [0.4, 0.5) is 24.5 Å². The highest BCUT2D eigenvalue weighted by atomic mass is 35.5. The van der Waals surface area contributed by atoms with E-state index >= 15 is 0 Å². The number of halogens is 4. The Labute approximate surface area is 184 Å². The topological polar surface area (TPSA) is 31.4 Å². The van der Waals surface area contributed by atoms with Crippen molar-refractivity contribution in [2.45, 2.75) is 12.6 Å². The first kappa shape index (κ1) is 21.7. The Morgan fingerprint density at radius 3 is 2.39 bits per heavy atom. The van der Waals surface area contributed by atoms with Gasteiger partial charge in [0, 0.05) is 49.5 Å². The molecular weight excluding hydrogens is 425 g/mol. The number of alkyl halides is 3. The van der Waals surface area contributed by atoms with Crippen LogP contribution in [0, 0.1) is 0 Å². The fraction of sp³-hybridized carbons (Fsp3) is 0.348. The zero-order chi connectivity index (χ0) is 21.8. The lowest BCUT2D eigenvalue weighted by Gasteiger charge is -2.36. The van der Waals surface area contributed by atoms with Gasteiger partial charge in [0.2, 0.25) is 0 Å². The second-order valence-corrected chi connectivity index (χ2v) is 8.05. The summed E-state index contributed by atoms with van der Waals surface area (Å²) in [4.78, 5) is 8.87. The van der Waals surface area contributed by atoms with Crippen molar-refractivity contribution in [3.05, 3.63) is 65.3 Å². The van der Waals surface area contributed by atoms with E-state index in [1.807, 2.05) is 30.3 Å². The number of hydrogen-bond acceptors (Lipinski definition) is 4. The number of para-hydroxylation sites is 1. The highest BCUT2D eigenvalue weighted by Gasteiger charge is 2.30. The van der Waals surface area contributed by atoms with Crippen LogP contribution in [0.25, 0.3) is 10.9 Å². The van der Waals surface area contributed by atoms with E-state index in [1.54, 1.807) is 12.1 Å². The summed E-state index contributed by atoms with van der Waals surface area (Å²) >= 11 is 6.13. The second-order valence-electron chi connectivity index (χ2n) is 7.66. The number of pyridine rings is 1. The minimum atomic E-state index is -4.29. The molecule has 0 bridgehead atoms. The summed E-state index contributed by atoms with van der Waals surface area (Å²) in [5.41, 5.74) is 2.10. The Hall–Kier alpha value is -2.51. The van der Waals surface area contributed by atoms with Gasteiger partial charge in [0.25, 0.3) is 0 Å². The molecule has 0 atom stereocenters. The average molecular weight is 449 g/mol. The predicted molar refractivity (Wildman–Crippen MR) is 120 cm³/mol. The van der Waals surface area contributed by atoms with Gasteiger partial charge in [-0.2, -0.15) is 13.2 Å². The maximum absolute atomic E-state index is 12.7. The largest absolute Gasteiger partial charge is 0.416 e. The van der Waals surface area contributed by atoms with Crippen LogP contribution in [0.3, 0.4) is 0 Å². The molecule has 1 aromatic heterocycles. The van der Waals surface area contributed by atoms with Crippen molar-refractivity contribution in [2.24, 2.45) is 0 Å². The summed E-state index contributed by atoms with van der Waals surface area (Å²) < 4.78 is 38.2. The maximum atomic E-state index is 12.7. The zero-order valence-corrected chi connectivity index (χ0v) is 17.8. The molecule has 0 aliphatic carbocycles. The third kappa shape index (κ3) is 5.40. The first-order chi connectivity index (χ1) is 14.9. The van der Waals surface area contributed by atoms with Crippen LogP contribution < -0.4 is 10.2 Å². The second kappa shape index (κ2) is 9.32. The van der Waals surface area contributed by atoms with Gasteiger partial charge in [-0.1, -0.05) is 29.8 Å². The normalized spacial score (nSPS) is 15.4. The van der Waals surface area contributed by atoms with Gasteiger partial charge >= 0.3 is 6.18 Å². The highest BCUT2D eigenvalue weighted by molar-refractivity contribution is 6.30. The van der Waals surface area contributed by atoms with Crippen LogP contribution in [0.1, 0.15) is 12.0 Å². The Kier molecular flexibility index (Phi) is 6.53. The lowest BCUT2D eigenvalue weighted by molar-refractivity contribution is -0.137. The van der Waals surface area contributed by atoms with Crippen molar-refractivity contribution in [1.29, 1.82) is 0 Å². The fourth-order valence-corrected chi connectivity index (χ4v) is 4.11. The predicted octanol–water partition coefficient (Wildman–Crippen LogP) is 5.53. The van der Waals surface area contributed by atoms with Gasteiger partial charge in [0.15, 0.2) is 0 Å². The summed E-state index contributed by atoms with van der Waals surface area (Å²) in [5.74, 6) is 0. The van der Waals surface area contributed by atoms with Crippen LogP contribution in [-0.2, 0) is 6.18 Å². The molecule has 8 heteroatoms. The van der Waals surface area contributed by atoms with Crippen LogP contribution in [0.15, 0.2) is 54.6 Å². The summed E-state index contributed by atoms with van der Waals surface area (Å²) in [6.07, 6.45) is -3.31. The van der Waals surface area contributed by atoms with Crippen molar-refractivity contribution in [3.63, 3.8) is 0 Å². The minimum absolute atomic E-state index is 0.473. The van der Waals surface area contributed by atoms with Crippen molar-refractivity contribution in [2.75, 3.05) is 49.5 Å². The Morgan fingerprint density at radius 1 is 0.968 bits per heavy atom. The number of aromatic nitrogens is 1. The third-order valence-electron chi connectivity index (χ3n) is 5.58. The van der Waals surface area contributed by atoms with E-state index in [9.17, 15) is 13.2 Å². The van der Waals surface area contributed by atoms with Gasteiger partial charge in [0.1, 0.15) is 5.15 Å². The number of hydrogen-bond donors (Lipinski definition) is 1. The molecule has 0 amide bonds. The molecule has 1 saturated heterocycles. The SMILES string of the molecule is FC(F)(F)c1ccc(N2CCN(CCCNc3cc(Cl)nc4ccccc34)CC2)cc1. The summed E-state index contributed by atoms with van der Waals surface area (Å²) in [5, 5.41) is 4.99. The fourth-order valence-electron chi connectivity index (χ4n) is 3.91. The molecule has 0 saturated carbocycles. The monoisotopic (exact) mass is 448 g/mol. The number of nitrogens with zero attached hydrogens (tertiary/aromatic N) is 3. The van der Waals surface area contributed by atoms with E-state index in [0.717, 1.165) is 80.1 Å². The molecule has 3 aromatic rings. The molecule has 0 unspecified atom stereocenters. The molecule has 4 nitrogen and oxygen atoms in total. The molecule has 1 N–H and O–H groups in total. The molecule has 4 rings (SSSR count). The standard InChI is InChI=1S/C23H24ClF3N4/c24-22-16-21(19-4-1-2-5-20(19)29-22)28-10-3-11-30-12-14-31(15-13-30)18-8-6-17(7-9-18)23(25,26)27/h1-2,4-9,16H,3,10-15H2,(H,28,29). The van der Waals surface area contributed by atoms with Gasteiger partial charge in [-0.25, -0.2) is 4.98 Å². The van der Waals surface area contributed by atoms with Crippen molar-refractivity contribution in [3.8, 4) is 0 Å². The quantitative estimate of drug-likeness (QED) is 0.397. The molecule has 0 radical (unpaired) electrons. The minimum Gasteiger partial charge on any atom is -0.384 e. The molecule has 1 fully saturated rings. The van der Waals surface area contributed by atoms with Crippen LogP contribution >= 0.6 is 11.6 Å². The van der Waals surface area contributed by atoms with E-state index < -0.39 is 11.7 Å². The summed E-state index contributed by atoms with van der Waals surface area (Å²) in [7, 11) is 0. The van der Waals surface area contributed by atoms with E-state index in [1.165, 1.54) is 0 Å². The van der Waals surface area contributed by atoms with Crippen LogP contribution in [0.2, 0.25) is 5.15 Å². The Morgan fingerprint density at radius 2 is 1.68 bits per heavy atom. The molecule has 1 aliphatic rings. The number of fused-ring (bicyclic) bond motifs is 1. The molecular formula is C23H24ClF3N4. The van der Waals surface area contributed by atoms with Gasteiger partial charge in [0.05, 0.1) is 11.1 Å². The number of piperazine rings is 1. The first-order valence-corrected chi connectivity index (χ1v) is 10.7. The van der Waals surface area contributed by atoms with E-state index in [2.05, 4.69) is 20.1 Å². The first-order valence-electron chi connectivity index (χ1n) is 10.3. The van der Waals surface area contributed by atoms with E-state index in [-0.39, 0.29) is 0 Å². The number of anilines is 2. The van der Waals surface area contributed by atoms with Crippen molar-refractivity contribution in [1.82, 2.24) is 9.88 Å². The highest BCUT2D eigenvalue weighted by Crippen LogP contribution is 2.30. The summed E-state index contributed by atoms with van der Waals surface area (Å²) in [6.45, 7) is 5.19. The molecule has 31 heavy (non-hydrogen) atoms. The molecule has 2 aromatic carbocycles. The molecule has 0 spiro atoms. The summed E-state index contributed by atoms with van der Waals surface area (Å²) in [6, 6.07) is 15.2. The van der Waals surface area contributed by atoms with Gasteiger partial charge in [-0.05, 0) is 49.4 Å². The smallest absolute Gasteiger partial charge is 0.384 e. The maximum Gasteiger partial charge on any atom is 0.416 e. The Bertz CT molecular complexity index is 1020. The molecule has 164 valence electrons. The average Bonchev–Trinajstić information content (AvgIpc) is 2.76. The number of nitrogens with one attached hydrogen (secondary N) is 1. The van der Waals surface area contributed by atoms with Crippen LogP contribution in [0.5, 0.6) is 0 Å². The van der Waals surface area contributed by atoms with E-state index in [4.69, 9.17) is 11.6 Å². The molecule has 1 aliphatic heterocycles. The number of rotatable bonds is 6. The van der Waals surface area contributed by atoms with Crippen molar-refractivity contribution >= 4 is 33.9 Å².